The van der Waals surface area contributed by atoms with Gasteiger partial charge in [-0.3, -0.25) is 4.79 Å². The Morgan fingerprint density at radius 3 is 2.33 bits per heavy atom. The lowest BCUT2D eigenvalue weighted by molar-refractivity contribution is -0.137. The molecule has 1 aromatic heterocycles. The highest BCUT2D eigenvalue weighted by Gasteiger charge is 2.30. The Morgan fingerprint density at radius 1 is 1.00 bits per heavy atom. The van der Waals surface area contributed by atoms with Gasteiger partial charge in [0.1, 0.15) is 0 Å². The lowest BCUT2D eigenvalue weighted by Crippen LogP contribution is -2.03. The van der Waals surface area contributed by atoms with Crippen LogP contribution in [0.5, 0.6) is 5.75 Å². The highest BCUT2D eigenvalue weighted by molar-refractivity contribution is 7.17. The number of phenols is 1. The van der Waals surface area contributed by atoms with Crippen LogP contribution in [0.25, 0.3) is 16.5 Å². The summed E-state index contributed by atoms with van der Waals surface area (Å²) in [5.41, 5.74) is 0.262. The lowest BCUT2D eigenvalue weighted by atomic mass is 10.1. The summed E-state index contributed by atoms with van der Waals surface area (Å²) in [6.45, 7) is 0. The monoisotopic (exact) mass is 392 g/mol. The van der Waals surface area contributed by atoms with Gasteiger partial charge in [-0.05, 0) is 53.6 Å². The van der Waals surface area contributed by atoms with Crippen LogP contribution < -0.4 is 0 Å². The number of carbonyl (C=O) groups excluding carboxylic acids is 1. The Balaban J connectivity index is 1.75. The summed E-state index contributed by atoms with van der Waals surface area (Å²) in [6, 6.07) is 11.7. The molecular formula is C20H12F4O2S. The van der Waals surface area contributed by atoms with Gasteiger partial charge in [-0.25, -0.2) is 4.39 Å². The highest BCUT2D eigenvalue weighted by Crippen LogP contribution is 2.33. The third-order valence-corrected chi connectivity index (χ3v) is 4.89. The van der Waals surface area contributed by atoms with Gasteiger partial charge in [0.2, 0.25) is 0 Å². The Hall–Kier alpha value is -2.93. The van der Waals surface area contributed by atoms with E-state index in [9.17, 15) is 22.4 Å². The minimum absolute atomic E-state index is 0.313. The van der Waals surface area contributed by atoms with Crippen molar-refractivity contribution in [3.63, 3.8) is 0 Å². The summed E-state index contributed by atoms with van der Waals surface area (Å²) in [5.74, 6) is -1.57. The maximum Gasteiger partial charge on any atom is 0.416 e. The third kappa shape index (κ3) is 4.43. The predicted molar refractivity (Wildman–Crippen MR) is 96.2 cm³/mol. The summed E-state index contributed by atoms with van der Waals surface area (Å²) in [7, 11) is 0. The molecule has 0 saturated heterocycles. The fraction of sp³-hybridized carbons (Fsp3) is 0.0500. The largest absolute Gasteiger partial charge is 0.505 e. The molecule has 2 nitrogen and oxygen atoms in total. The fourth-order valence-corrected chi connectivity index (χ4v) is 3.26. The van der Waals surface area contributed by atoms with Gasteiger partial charge < -0.3 is 5.11 Å². The normalized spacial score (nSPS) is 11.9. The molecule has 1 heterocycles. The summed E-state index contributed by atoms with van der Waals surface area (Å²) in [5, 5.41) is 9.15. The Bertz CT molecular complexity index is 1000. The van der Waals surface area contributed by atoms with Gasteiger partial charge in [0.25, 0.3) is 0 Å². The van der Waals surface area contributed by atoms with E-state index in [0.29, 0.717) is 20.9 Å². The zero-order valence-corrected chi connectivity index (χ0v) is 14.4. The number of halogens is 4. The molecule has 0 radical (unpaired) electrons. The number of rotatable bonds is 4. The van der Waals surface area contributed by atoms with Gasteiger partial charge >= 0.3 is 6.18 Å². The Labute approximate surface area is 156 Å². The summed E-state index contributed by atoms with van der Waals surface area (Å²) >= 11 is 1.15. The van der Waals surface area contributed by atoms with Gasteiger partial charge in [-0.2, -0.15) is 13.2 Å². The van der Waals surface area contributed by atoms with Crippen LogP contribution in [0.15, 0.2) is 60.7 Å². The molecule has 27 heavy (non-hydrogen) atoms. The maximum absolute atomic E-state index is 13.3. The molecule has 3 aromatic rings. The molecular weight excluding hydrogens is 380 g/mol. The van der Waals surface area contributed by atoms with Gasteiger partial charge in [0.05, 0.1) is 10.4 Å². The van der Waals surface area contributed by atoms with Crippen molar-refractivity contribution in [2.24, 2.45) is 0 Å². The van der Waals surface area contributed by atoms with Gasteiger partial charge in [-0.1, -0.05) is 24.3 Å². The predicted octanol–water partition coefficient (Wildman–Crippen LogP) is 6.17. The molecule has 0 unspecified atom stereocenters. The molecule has 3 rings (SSSR count). The Kier molecular flexibility index (Phi) is 5.14. The first-order valence-corrected chi connectivity index (χ1v) is 8.54. The quantitative estimate of drug-likeness (QED) is 0.327. The first kappa shape index (κ1) is 18.8. The molecule has 0 aliphatic carbocycles. The van der Waals surface area contributed by atoms with Crippen molar-refractivity contribution in [2.75, 3.05) is 0 Å². The third-order valence-electron chi connectivity index (χ3n) is 3.74. The standard InChI is InChI=1S/C20H12F4O2S/c21-15-11-12(1-7-16(15)25)2-8-17(26)19-10-9-18(27-19)13-3-5-14(6-4-13)20(22,23)24/h1-11,25H/b8-2+. The van der Waals surface area contributed by atoms with E-state index in [2.05, 4.69) is 0 Å². The lowest BCUT2D eigenvalue weighted by Gasteiger charge is -2.06. The smallest absolute Gasteiger partial charge is 0.416 e. The molecule has 2 aromatic carbocycles. The SMILES string of the molecule is O=C(/C=C/c1ccc(O)c(F)c1)c1ccc(-c2ccc(C(F)(F)F)cc2)s1. The number of benzene rings is 2. The van der Waals surface area contributed by atoms with E-state index in [1.807, 2.05) is 0 Å². The number of thiophene rings is 1. The molecule has 1 N–H and O–H groups in total. The van der Waals surface area contributed by atoms with Crippen LogP contribution in [0.4, 0.5) is 17.6 Å². The van der Waals surface area contributed by atoms with Crippen LogP contribution in [-0.4, -0.2) is 10.9 Å². The molecule has 0 aliphatic rings. The fourth-order valence-electron chi connectivity index (χ4n) is 2.33. The molecule has 0 aliphatic heterocycles. The van der Waals surface area contributed by atoms with Crippen molar-refractivity contribution in [1.29, 1.82) is 0 Å². The molecule has 7 heteroatoms. The summed E-state index contributed by atoms with van der Waals surface area (Å²) in [4.78, 5) is 13.3. The van der Waals surface area contributed by atoms with E-state index in [1.165, 1.54) is 36.4 Å². The average Bonchev–Trinajstić information content (AvgIpc) is 3.12. The van der Waals surface area contributed by atoms with Crippen molar-refractivity contribution in [3.8, 4) is 16.2 Å². The van der Waals surface area contributed by atoms with E-state index in [-0.39, 0.29) is 5.78 Å². The number of ketones is 1. The summed E-state index contributed by atoms with van der Waals surface area (Å²) < 4.78 is 51.1. The number of aromatic hydroxyl groups is 1. The van der Waals surface area contributed by atoms with Gasteiger partial charge in [0.15, 0.2) is 17.3 Å². The molecule has 0 spiro atoms. The number of alkyl halides is 3. The highest BCUT2D eigenvalue weighted by atomic mass is 32.1. The van der Waals surface area contributed by atoms with Crippen LogP contribution in [0.3, 0.4) is 0 Å². The van der Waals surface area contributed by atoms with Crippen LogP contribution >= 0.6 is 11.3 Å². The number of carbonyl (C=O) groups is 1. The van der Waals surface area contributed by atoms with Crippen LogP contribution in [0, 0.1) is 5.82 Å². The van der Waals surface area contributed by atoms with Crippen LogP contribution in [0.1, 0.15) is 20.8 Å². The minimum atomic E-state index is -4.40. The first-order chi connectivity index (χ1) is 12.7. The average molecular weight is 392 g/mol. The van der Waals surface area contributed by atoms with E-state index < -0.39 is 23.3 Å². The molecule has 0 fully saturated rings. The van der Waals surface area contributed by atoms with E-state index in [0.717, 1.165) is 29.5 Å². The zero-order chi connectivity index (χ0) is 19.6. The van der Waals surface area contributed by atoms with E-state index >= 15 is 0 Å². The molecule has 0 atom stereocenters. The van der Waals surface area contributed by atoms with Crippen molar-refractivity contribution in [1.82, 2.24) is 0 Å². The minimum Gasteiger partial charge on any atom is -0.505 e. The maximum atomic E-state index is 13.3. The number of phenolic OH excluding ortho intramolecular Hbond substituents is 1. The topological polar surface area (TPSA) is 37.3 Å². The van der Waals surface area contributed by atoms with E-state index in [1.54, 1.807) is 12.1 Å². The van der Waals surface area contributed by atoms with Crippen molar-refractivity contribution >= 4 is 23.2 Å². The van der Waals surface area contributed by atoms with Crippen molar-refractivity contribution in [2.45, 2.75) is 6.18 Å². The number of allylic oxidation sites excluding steroid dienone is 1. The van der Waals surface area contributed by atoms with Gasteiger partial charge in [-0.15, -0.1) is 11.3 Å². The van der Waals surface area contributed by atoms with Crippen LogP contribution in [0.2, 0.25) is 0 Å². The second-order valence-electron chi connectivity index (χ2n) is 5.65. The number of hydrogen-bond donors (Lipinski definition) is 1. The van der Waals surface area contributed by atoms with Crippen molar-refractivity contribution < 1.29 is 27.5 Å². The van der Waals surface area contributed by atoms with Gasteiger partial charge in [0, 0.05) is 4.88 Å². The molecule has 0 bridgehead atoms. The second-order valence-corrected chi connectivity index (χ2v) is 6.73. The zero-order valence-electron chi connectivity index (χ0n) is 13.6. The molecule has 0 amide bonds. The summed E-state index contributed by atoms with van der Waals surface area (Å²) in [6.07, 6.45) is -1.70. The first-order valence-electron chi connectivity index (χ1n) is 7.72. The Morgan fingerprint density at radius 2 is 1.70 bits per heavy atom. The van der Waals surface area contributed by atoms with Crippen molar-refractivity contribution in [3.05, 3.63) is 82.5 Å². The number of hydrogen-bond acceptors (Lipinski definition) is 3. The van der Waals surface area contributed by atoms with E-state index in [4.69, 9.17) is 5.11 Å². The molecule has 138 valence electrons. The molecule has 0 saturated carbocycles. The second kappa shape index (κ2) is 7.36. The van der Waals surface area contributed by atoms with Crippen LogP contribution in [-0.2, 0) is 6.18 Å².